The number of hydrogen-bond donors (Lipinski definition) is 0. The maximum atomic E-state index is 12.7. The van der Waals surface area contributed by atoms with E-state index < -0.39 is 5.97 Å². The van der Waals surface area contributed by atoms with Gasteiger partial charge in [-0.1, -0.05) is 25.1 Å². The highest BCUT2D eigenvalue weighted by Crippen LogP contribution is 2.25. The van der Waals surface area contributed by atoms with Crippen LogP contribution in [0.1, 0.15) is 48.7 Å². The number of fused-ring (bicyclic) bond motifs is 1. The molecule has 0 saturated heterocycles. The van der Waals surface area contributed by atoms with Gasteiger partial charge in [0.2, 0.25) is 5.78 Å². The van der Waals surface area contributed by atoms with Gasteiger partial charge in [0, 0.05) is 20.7 Å². The quantitative estimate of drug-likeness (QED) is 0.479. The number of aromatic nitrogens is 1. The third-order valence-electron chi connectivity index (χ3n) is 4.44. The Morgan fingerprint density at radius 2 is 1.88 bits per heavy atom. The molecule has 3 aromatic rings. The summed E-state index contributed by atoms with van der Waals surface area (Å²) in [6, 6.07) is 9.56. The topological polar surface area (TPSA) is 56.3 Å². The summed E-state index contributed by atoms with van der Waals surface area (Å²) in [4.78, 5) is 31.7. The second-order valence-corrected chi connectivity index (χ2v) is 7.72. The smallest absolute Gasteiger partial charge is 0.340 e. The van der Waals surface area contributed by atoms with Gasteiger partial charge in [0.1, 0.15) is 0 Å². The van der Waals surface area contributed by atoms with Crippen LogP contribution in [0.25, 0.3) is 10.9 Å². The van der Waals surface area contributed by atoms with Crippen molar-refractivity contribution in [3.05, 3.63) is 62.5 Å². The molecule has 0 fully saturated rings. The molecule has 134 valence electrons. The van der Waals surface area contributed by atoms with Crippen molar-refractivity contribution in [3.63, 3.8) is 0 Å². The van der Waals surface area contributed by atoms with Crippen LogP contribution in [0.5, 0.6) is 0 Å². The van der Waals surface area contributed by atoms with Crippen molar-refractivity contribution in [3.8, 4) is 0 Å². The fourth-order valence-electron chi connectivity index (χ4n) is 3.16. The molecule has 0 atom stereocenters. The summed E-state index contributed by atoms with van der Waals surface area (Å²) in [7, 11) is 0. The largest absolute Gasteiger partial charge is 0.454 e. The Morgan fingerprint density at radius 3 is 2.54 bits per heavy atom. The number of hydrogen-bond acceptors (Lipinski definition) is 5. The number of Topliss-reactive ketones (excluding diaryl/α,β-unsaturated/α-hetero) is 1. The number of rotatable bonds is 5. The first-order valence-electron chi connectivity index (χ1n) is 8.58. The molecule has 2 heterocycles. The number of ketones is 1. The third kappa shape index (κ3) is 3.40. The van der Waals surface area contributed by atoms with E-state index in [-0.39, 0.29) is 12.4 Å². The van der Waals surface area contributed by atoms with Crippen LogP contribution in [0.3, 0.4) is 0 Å². The van der Waals surface area contributed by atoms with Crippen molar-refractivity contribution in [2.45, 2.75) is 34.1 Å². The molecule has 0 spiro atoms. The van der Waals surface area contributed by atoms with Crippen molar-refractivity contribution in [2.24, 2.45) is 0 Å². The molecule has 3 rings (SSSR count). The summed E-state index contributed by atoms with van der Waals surface area (Å²) >= 11 is 1.57. The van der Waals surface area contributed by atoms with Gasteiger partial charge < -0.3 is 4.74 Å². The SMILES string of the molecule is CCc1nc2ccccc2c(C)c1C(=O)OCC(=O)c1cc(C)sc1C. The van der Waals surface area contributed by atoms with Gasteiger partial charge in [-0.3, -0.25) is 9.78 Å². The average Bonchev–Trinajstić information content (AvgIpc) is 2.97. The fourth-order valence-corrected chi connectivity index (χ4v) is 4.10. The highest BCUT2D eigenvalue weighted by Gasteiger charge is 2.21. The number of thiophene rings is 1. The molecule has 0 N–H and O–H groups in total. The highest BCUT2D eigenvalue weighted by molar-refractivity contribution is 7.12. The Balaban J connectivity index is 1.87. The molecule has 0 aliphatic rings. The van der Waals surface area contributed by atoms with E-state index in [0.29, 0.717) is 23.2 Å². The lowest BCUT2D eigenvalue weighted by molar-refractivity contribution is 0.0472. The molecule has 0 radical (unpaired) electrons. The van der Waals surface area contributed by atoms with Crippen LogP contribution in [0.4, 0.5) is 0 Å². The van der Waals surface area contributed by atoms with Crippen molar-refractivity contribution in [1.82, 2.24) is 4.98 Å². The third-order valence-corrected chi connectivity index (χ3v) is 5.41. The maximum Gasteiger partial charge on any atom is 0.340 e. The van der Waals surface area contributed by atoms with Crippen LogP contribution >= 0.6 is 11.3 Å². The zero-order valence-corrected chi connectivity index (χ0v) is 16.2. The number of ether oxygens (including phenoxy) is 1. The Hall–Kier alpha value is -2.53. The molecule has 1 aromatic carbocycles. The standard InChI is InChI=1S/C21H21NO3S/c1-5-17-20(13(3)15-8-6-7-9-18(15)22-17)21(24)25-11-19(23)16-10-12(2)26-14(16)4/h6-10H,5,11H2,1-4H3. The van der Waals surface area contributed by atoms with E-state index in [1.165, 1.54) is 0 Å². The lowest BCUT2D eigenvalue weighted by atomic mass is 10.0. The van der Waals surface area contributed by atoms with Gasteiger partial charge in [-0.15, -0.1) is 11.3 Å². The van der Waals surface area contributed by atoms with Gasteiger partial charge in [0.15, 0.2) is 6.61 Å². The number of carbonyl (C=O) groups is 2. The minimum atomic E-state index is -0.490. The molecule has 26 heavy (non-hydrogen) atoms. The van der Waals surface area contributed by atoms with Crippen molar-refractivity contribution in [1.29, 1.82) is 0 Å². The summed E-state index contributed by atoms with van der Waals surface area (Å²) in [5.74, 6) is -0.666. The molecule has 0 amide bonds. The molecule has 0 aliphatic heterocycles. The van der Waals surface area contributed by atoms with Gasteiger partial charge in [-0.2, -0.15) is 0 Å². The van der Waals surface area contributed by atoms with Gasteiger partial charge >= 0.3 is 5.97 Å². The van der Waals surface area contributed by atoms with E-state index in [4.69, 9.17) is 4.74 Å². The lowest BCUT2D eigenvalue weighted by Crippen LogP contribution is -2.17. The minimum absolute atomic E-state index is 0.176. The van der Waals surface area contributed by atoms with Crippen LogP contribution < -0.4 is 0 Å². The summed E-state index contributed by atoms with van der Waals surface area (Å²) in [5.41, 5.74) is 3.49. The first kappa shape index (κ1) is 18.3. The fraction of sp³-hybridized carbons (Fsp3) is 0.286. The van der Waals surface area contributed by atoms with Gasteiger partial charge in [0.25, 0.3) is 0 Å². The zero-order chi connectivity index (χ0) is 18.8. The van der Waals surface area contributed by atoms with Crippen molar-refractivity contribution in [2.75, 3.05) is 6.61 Å². The molecule has 0 saturated carbocycles. The molecule has 5 heteroatoms. The number of aryl methyl sites for hydroxylation is 4. The second-order valence-electron chi connectivity index (χ2n) is 6.26. The van der Waals surface area contributed by atoms with E-state index in [9.17, 15) is 9.59 Å². The summed E-state index contributed by atoms with van der Waals surface area (Å²) in [6.45, 7) is 7.45. The van der Waals surface area contributed by atoms with Gasteiger partial charge in [-0.25, -0.2) is 4.79 Å². The normalized spacial score (nSPS) is 10.9. The average molecular weight is 367 g/mol. The van der Waals surface area contributed by atoms with Crippen LogP contribution in [0, 0.1) is 20.8 Å². The molecule has 2 aromatic heterocycles. The first-order chi connectivity index (χ1) is 12.4. The number of nitrogens with zero attached hydrogens (tertiary/aromatic N) is 1. The Bertz CT molecular complexity index is 1000. The second kappa shape index (κ2) is 7.38. The zero-order valence-electron chi connectivity index (χ0n) is 15.4. The predicted octanol–water partition coefficient (Wildman–Crippen LogP) is 4.82. The number of esters is 1. The van der Waals surface area contributed by atoms with Gasteiger partial charge in [-0.05, 0) is 44.9 Å². The Morgan fingerprint density at radius 1 is 1.15 bits per heavy atom. The molecule has 4 nitrogen and oxygen atoms in total. The molecule has 0 bridgehead atoms. The Kier molecular flexibility index (Phi) is 5.18. The molecular weight excluding hydrogens is 346 g/mol. The number of carbonyl (C=O) groups excluding carboxylic acids is 2. The summed E-state index contributed by atoms with van der Waals surface area (Å²) < 4.78 is 5.36. The maximum absolute atomic E-state index is 12.7. The number of benzene rings is 1. The van der Waals surface area contributed by atoms with Gasteiger partial charge in [0.05, 0.1) is 16.8 Å². The monoisotopic (exact) mass is 367 g/mol. The molecule has 0 unspecified atom stereocenters. The van der Waals surface area contributed by atoms with Crippen molar-refractivity contribution < 1.29 is 14.3 Å². The first-order valence-corrected chi connectivity index (χ1v) is 9.39. The van der Waals surface area contributed by atoms with E-state index in [2.05, 4.69) is 4.98 Å². The predicted molar refractivity (Wildman–Crippen MR) is 104 cm³/mol. The minimum Gasteiger partial charge on any atom is -0.454 e. The number of para-hydroxylation sites is 1. The van der Waals surface area contributed by atoms with Crippen molar-refractivity contribution >= 4 is 34.0 Å². The summed E-state index contributed by atoms with van der Waals surface area (Å²) in [6.07, 6.45) is 0.618. The lowest BCUT2D eigenvalue weighted by Gasteiger charge is -2.13. The highest BCUT2D eigenvalue weighted by atomic mass is 32.1. The van der Waals surface area contributed by atoms with E-state index in [1.807, 2.05) is 58.0 Å². The van der Waals surface area contributed by atoms with E-state index in [1.54, 1.807) is 11.3 Å². The molecule has 0 aliphatic carbocycles. The summed E-state index contributed by atoms with van der Waals surface area (Å²) in [5, 5.41) is 0.923. The number of pyridine rings is 1. The van der Waals surface area contributed by atoms with Crippen LogP contribution in [-0.4, -0.2) is 23.3 Å². The Labute approximate surface area is 156 Å². The van der Waals surface area contributed by atoms with Crippen LogP contribution in [-0.2, 0) is 11.2 Å². The van der Waals surface area contributed by atoms with E-state index in [0.717, 1.165) is 26.2 Å². The molecular formula is C21H21NO3S. The van der Waals surface area contributed by atoms with Crippen LogP contribution in [0.2, 0.25) is 0 Å². The van der Waals surface area contributed by atoms with Crippen LogP contribution in [0.15, 0.2) is 30.3 Å². The van der Waals surface area contributed by atoms with E-state index >= 15 is 0 Å².